The van der Waals surface area contributed by atoms with E-state index in [1.54, 1.807) is 18.2 Å². The number of rotatable bonds is 4. The van der Waals surface area contributed by atoms with E-state index in [4.69, 9.17) is 4.74 Å². The summed E-state index contributed by atoms with van der Waals surface area (Å²) >= 11 is 0. The van der Waals surface area contributed by atoms with E-state index in [1.807, 2.05) is 42.5 Å². The van der Waals surface area contributed by atoms with Gasteiger partial charge in [0.1, 0.15) is 18.4 Å². The van der Waals surface area contributed by atoms with E-state index in [2.05, 4.69) is 5.32 Å². The largest absolute Gasteiger partial charge is 0.488 e. The normalized spacial score (nSPS) is 18.3. The van der Waals surface area contributed by atoms with Crippen LogP contribution in [0.5, 0.6) is 5.75 Å². The maximum atomic E-state index is 13.1. The van der Waals surface area contributed by atoms with Gasteiger partial charge in [-0.3, -0.25) is 29.4 Å². The number of hydrogen-bond donors (Lipinski definition) is 1. The van der Waals surface area contributed by atoms with Crippen molar-refractivity contribution < 1.29 is 23.9 Å². The second kappa shape index (κ2) is 7.36. The Bertz CT molecular complexity index is 1270. The molecular weight excluding hydrogens is 396 g/mol. The fraction of sp³-hybridized carbons (Fsp3) is 0.167. The first-order chi connectivity index (χ1) is 15.0. The number of piperidine rings is 1. The quantitative estimate of drug-likeness (QED) is 0.663. The van der Waals surface area contributed by atoms with E-state index in [-0.39, 0.29) is 30.6 Å². The molecule has 0 bridgehead atoms. The van der Waals surface area contributed by atoms with Crippen molar-refractivity contribution in [2.45, 2.75) is 25.5 Å². The molecule has 0 spiro atoms. The minimum Gasteiger partial charge on any atom is -0.488 e. The number of nitrogens with one attached hydrogen (secondary N) is 1. The zero-order valence-corrected chi connectivity index (χ0v) is 16.5. The van der Waals surface area contributed by atoms with Gasteiger partial charge in [-0.15, -0.1) is 0 Å². The van der Waals surface area contributed by atoms with Crippen LogP contribution >= 0.6 is 0 Å². The van der Waals surface area contributed by atoms with Gasteiger partial charge >= 0.3 is 0 Å². The molecule has 0 saturated carbocycles. The minimum absolute atomic E-state index is 0.0785. The number of amides is 4. The van der Waals surface area contributed by atoms with Gasteiger partial charge in [0.05, 0.1) is 11.1 Å². The number of fused-ring (bicyclic) bond motifs is 2. The van der Waals surface area contributed by atoms with Crippen LogP contribution in [-0.4, -0.2) is 34.6 Å². The van der Waals surface area contributed by atoms with Gasteiger partial charge in [0, 0.05) is 6.42 Å². The van der Waals surface area contributed by atoms with Gasteiger partial charge in [-0.1, -0.05) is 42.5 Å². The molecule has 154 valence electrons. The first kappa shape index (κ1) is 19.0. The van der Waals surface area contributed by atoms with Crippen LogP contribution < -0.4 is 10.1 Å². The maximum Gasteiger partial charge on any atom is 0.266 e. The lowest BCUT2D eigenvalue weighted by atomic mass is 10.0. The highest BCUT2D eigenvalue weighted by Gasteiger charge is 2.45. The average molecular weight is 414 g/mol. The van der Waals surface area contributed by atoms with Crippen molar-refractivity contribution in [3.05, 3.63) is 77.4 Å². The van der Waals surface area contributed by atoms with Crippen molar-refractivity contribution in [1.29, 1.82) is 0 Å². The Balaban J connectivity index is 1.41. The van der Waals surface area contributed by atoms with Gasteiger partial charge in [-0.2, -0.15) is 0 Å². The summed E-state index contributed by atoms with van der Waals surface area (Å²) in [7, 11) is 0. The molecule has 0 radical (unpaired) electrons. The lowest BCUT2D eigenvalue weighted by Gasteiger charge is -2.27. The molecule has 4 amide bonds. The molecule has 1 N–H and O–H groups in total. The van der Waals surface area contributed by atoms with Gasteiger partial charge < -0.3 is 4.74 Å². The van der Waals surface area contributed by atoms with Gasteiger partial charge in [0.15, 0.2) is 0 Å². The van der Waals surface area contributed by atoms with Gasteiger partial charge in [0.25, 0.3) is 11.8 Å². The molecule has 7 heteroatoms. The number of nitrogens with zero attached hydrogens (tertiary/aromatic N) is 1. The molecule has 7 nitrogen and oxygen atoms in total. The van der Waals surface area contributed by atoms with Crippen LogP contribution in [0.25, 0.3) is 10.8 Å². The molecule has 1 atom stereocenters. The number of ether oxygens (including phenoxy) is 1. The van der Waals surface area contributed by atoms with Crippen LogP contribution in [0.4, 0.5) is 0 Å². The second-order valence-corrected chi connectivity index (χ2v) is 7.60. The monoisotopic (exact) mass is 414 g/mol. The van der Waals surface area contributed by atoms with Crippen LogP contribution in [-0.2, 0) is 16.2 Å². The van der Waals surface area contributed by atoms with Crippen molar-refractivity contribution in [2.75, 3.05) is 0 Å². The topological polar surface area (TPSA) is 92.8 Å². The predicted octanol–water partition coefficient (Wildman–Crippen LogP) is 2.82. The molecule has 0 aliphatic carbocycles. The summed E-state index contributed by atoms with van der Waals surface area (Å²) in [4.78, 5) is 50.6. The van der Waals surface area contributed by atoms with E-state index >= 15 is 0 Å². The molecule has 1 fully saturated rings. The fourth-order valence-electron chi connectivity index (χ4n) is 4.09. The van der Waals surface area contributed by atoms with E-state index in [0.717, 1.165) is 21.2 Å². The smallest absolute Gasteiger partial charge is 0.266 e. The van der Waals surface area contributed by atoms with E-state index in [9.17, 15) is 19.2 Å². The molecule has 5 rings (SSSR count). The van der Waals surface area contributed by atoms with Crippen LogP contribution in [0.2, 0.25) is 0 Å². The van der Waals surface area contributed by atoms with Crippen LogP contribution in [0.1, 0.15) is 39.1 Å². The van der Waals surface area contributed by atoms with Crippen molar-refractivity contribution in [2.24, 2.45) is 0 Å². The molecule has 1 saturated heterocycles. The zero-order valence-electron chi connectivity index (χ0n) is 16.5. The first-order valence-corrected chi connectivity index (χ1v) is 9.98. The number of benzene rings is 3. The summed E-state index contributed by atoms with van der Waals surface area (Å²) in [6.45, 7) is 0.223. The minimum atomic E-state index is -1.00. The lowest BCUT2D eigenvalue weighted by molar-refractivity contribution is -0.136. The summed E-state index contributed by atoms with van der Waals surface area (Å²) in [5, 5.41) is 4.39. The standard InChI is InChI=1S/C24H18N2O5/c27-20-11-10-18(22(28)25-20)26-23(29)17-6-3-7-19(21(17)24(26)30)31-13-14-8-9-15-4-1-2-5-16(15)12-14/h1-9,12,18H,10-11,13H2,(H,25,27,28). The summed E-state index contributed by atoms with van der Waals surface area (Å²) in [6.07, 6.45) is 0.193. The highest BCUT2D eigenvalue weighted by Crippen LogP contribution is 2.34. The second-order valence-electron chi connectivity index (χ2n) is 7.60. The fourth-order valence-corrected chi connectivity index (χ4v) is 4.09. The van der Waals surface area contributed by atoms with Gasteiger partial charge in [0.2, 0.25) is 11.8 Å². The van der Waals surface area contributed by atoms with E-state index in [1.165, 1.54) is 0 Å². The Hall–Kier alpha value is -4.00. The summed E-state index contributed by atoms with van der Waals surface area (Å²) in [5.74, 6) is -1.88. The molecular formula is C24H18N2O5. The zero-order chi connectivity index (χ0) is 21.5. The first-order valence-electron chi connectivity index (χ1n) is 9.98. The van der Waals surface area contributed by atoms with Crippen molar-refractivity contribution in [1.82, 2.24) is 10.2 Å². The number of carbonyl (C=O) groups excluding carboxylic acids is 4. The van der Waals surface area contributed by atoms with Crippen LogP contribution in [0, 0.1) is 0 Å². The summed E-state index contributed by atoms with van der Waals surface area (Å²) in [6, 6.07) is 17.8. The molecule has 3 aromatic carbocycles. The molecule has 2 aliphatic heterocycles. The Morgan fingerprint density at radius 1 is 0.903 bits per heavy atom. The lowest BCUT2D eigenvalue weighted by Crippen LogP contribution is -2.54. The molecule has 2 heterocycles. The van der Waals surface area contributed by atoms with Gasteiger partial charge in [-0.25, -0.2) is 0 Å². The Morgan fingerprint density at radius 2 is 1.71 bits per heavy atom. The molecule has 0 aromatic heterocycles. The van der Waals surface area contributed by atoms with Gasteiger partial charge in [-0.05, 0) is 41.0 Å². The summed E-state index contributed by atoms with van der Waals surface area (Å²) < 4.78 is 5.93. The van der Waals surface area contributed by atoms with Crippen molar-refractivity contribution in [3.63, 3.8) is 0 Å². The SMILES string of the molecule is O=C1CCC(N2C(=O)c3cccc(OCc4ccc5ccccc5c4)c3C2=O)C(=O)N1. The Labute approximate surface area is 177 Å². The molecule has 2 aliphatic rings. The Morgan fingerprint density at radius 3 is 2.52 bits per heavy atom. The molecule has 3 aromatic rings. The summed E-state index contributed by atoms with van der Waals surface area (Å²) in [5.41, 5.74) is 1.28. The van der Waals surface area contributed by atoms with Crippen LogP contribution in [0.15, 0.2) is 60.7 Å². The number of carbonyl (C=O) groups is 4. The average Bonchev–Trinajstić information content (AvgIpc) is 3.03. The third-order valence-electron chi connectivity index (χ3n) is 5.64. The Kier molecular flexibility index (Phi) is 4.51. The van der Waals surface area contributed by atoms with Crippen molar-refractivity contribution in [3.8, 4) is 5.75 Å². The van der Waals surface area contributed by atoms with Crippen LogP contribution in [0.3, 0.4) is 0 Å². The highest BCUT2D eigenvalue weighted by molar-refractivity contribution is 6.24. The molecule has 1 unspecified atom stereocenters. The predicted molar refractivity (Wildman–Crippen MR) is 111 cm³/mol. The maximum absolute atomic E-state index is 13.1. The highest BCUT2D eigenvalue weighted by atomic mass is 16.5. The molecule has 31 heavy (non-hydrogen) atoms. The number of hydrogen-bond acceptors (Lipinski definition) is 5. The third-order valence-corrected chi connectivity index (χ3v) is 5.64. The van der Waals surface area contributed by atoms with E-state index in [0.29, 0.717) is 5.75 Å². The van der Waals surface area contributed by atoms with E-state index < -0.39 is 29.7 Å². The van der Waals surface area contributed by atoms with Crippen molar-refractivity contribution >= 4 is 34.4 Å². The number of imide groups is 2. The third kappa shape index (κ3) is 3.24.